The van der Waals surface area contributed by atoms with Crippen LogP contribution in [-0.4, -0.2) is 18.7 Å². The van der Waals surface area contributed by atoms with Crippen LogP contribution in [0.2, 0.25) is 0 Å². The highest BCUT2D eigenvalue weighted by atomic mass is 16.5. The lowest BCUT2D eigenvalue weighted by Gasteiger charge is -2.09. The molecule has 2 aromatic carbocycles. The topological polar surface area (TPSA) is 50.7 Å². The minimum absolute atomic E-state index is 0.0591. The number of nitrogens with one attached hydrogen (secondary N) is 1. The predicted molar refractivity (Wildman–Crippen MR) is 93.0 cm³/mol. The molecular weight excluding hydrogens is 288 g/mol. The lowest BCUT2D eigenvalue weighted by atomic mass is 10.1. The summed E-state index contributed by atoms with van der Waals surface area (Å²) in [5.74, 6) is 0.437. The Bertz CT molecular complexity index is 691. The molecule has 0 saturated heterocycles. The first kappa shape index (κ1) is 16.7. The monoisotopic (exact) mass is 310 g/mol. The molecule has 4 nitrogen and oxygen atoms in total. The van der Waals surface area contributed by atoms with Gasteiger partial charge in [-0.1, -0.05) is 43.3 Å². The van der Waals surface area contributed by atoms with Crippen LogP contribution in [-0.2, 0) is 11.2 Å². The second-order valence-electron chi connectivity index (χ2n) is 5.38. The van der Waals surface area contributed by atoms with Crippen molar-refractivity contribution in [3.05, 3.63) is 64.7 Å². The zero-order valence-corrected chi connectivity index (χ0v) is 13.8. The predicted octanol–water partition coefficient (Wildman–Crippen LogP) is 3.39. The molecule has 0 fully saturated rings. The number of carbonyl (C=O) groups excluding carboxylic acids is 1. The van der Waals surface area contributed by atoms with E-state index in [4.69, 9.17) is 4.74 Å². The largest absolute Gasteiger partial charge is 0.483 e. The van der Waals surface area contributed by atoms with E-state index in [-0.39, 0.29) is 12.5 Å². The Kier molecular flexibility index (Phi) is 5.92. The maximum Gasteiger partial charge on any atom is 0.277 e. The van der Waals surface area contributed by atoms with Gasteiger partial charge in [0.15, 0.2) is 6.61 Å². The van der Waals surface area contributed by atoms with Crippen molar-refractivity contribution in [1.29, 1.82) is 0 Å². The minimum Gasteiger partial charge on any atom is -0.483 e. The Morgan fingerprint density at radius 1 is 1.17 bits per heavy atom. The molecule has 0 spiro atoms. The number of rotatable bonds is 6. The molecule has 0 atom stereocenters. The van der Waals surface area contributed by atoms with Gasteiger partial charge in [0.25, 0.3) is 5.91 Å². The van der Waals surface area contributed by atoms with Crippen LogP contribution in [0.25, 0.3) is 0 Å². The fourth-order valence-corrected chi connectivity index (χ4v) is 2.07. The molecule has 0 bridgehead atoms. The highest BCUT2D eigenvalue weighted by Crippen LogP contribution is 2.20. The first-order chi connectivity index (χ1) is 11.1. The number of hydrogen-bond acceptors (Lipinski definition) is 3. The van der Waals surface area contributed by atoms with Crippen LogP contribution in [0.1, 0.15) is 29.2 Å². The van der Waals surface area contributed by atoms with Crippen molar-refractivity contribution >= 4 is 12.1 Å². The molecule has 0 radical (unpaired) electrons. The number of hydrogen-bond donors (Lipinski definition) is 1. The average molecular weight is 310 g/mol. The van der Waals surface area contributed by atoms with Gasteiger partial charge in [-0.2, -0.15) is 5.10 Å². The van der Waals surface area contributed by atoms with Crippen molar-refractivity contribution < 1.29 is 9.53 Å². The molecule has 2 rings (SSSR count). The van der Waals surface area contributed by atoms with Gasteiger partial charge < -0.3 is 4.74 Å². The van der Waals surface area contributed by atoms with Gasteiger partial charge in [0.05, 0.1) is 6.21 Å². The quantitative estimate of drug-likeness (QED) is 0.657. The fourth-order valence-electron chi connectivity index (χ4n) is 2.07. The Morgan fingerprint density at radius 2 is 1.91 bits per heavy atom. The number of amides is 1. The molecule has 23 heavy (non-hydrogen) atoms. The van der Waals surface area contributed by atoms with Crippen LogP contribution in [0.4, 0.5) is 0 Å². The SMILES string of the molecule is CCc1ccc(C=NNC(=O)COc2cccc(C)c2C)cc1. The van der Waals surface area contributed by atoms with Crippen LogP contribution in [0.15, 0.2) is 47.6 Å². The molecule has 0 saturated carbocycles. The summed E-state index contributed by atoms with van der Waals surface area (Å²) in [7, 11) is 0. The summed E-state index contributed by atoms with van der Waals surface area (Å²) in [6.07, 6.45) is 2.62. The van der Waals surface area contributed by atoms with Gasteiger partial charge in [-0.25, -0.2) is 5.43 Å². The van der Waals surface area contributed by atoms with Crippen LogP contribution in [0, 0.1) is 13.8 Å². The highest BCUT2D eigenvalue weighted by Gasteiger charge is 2.05. The third-order valence-corrected chi connectivity index (χ3v) is 3.70. The molecule has 0 aromatic heterocycles. The van der Waals surface area contributed by atoms with Crippen LogP contribution in [0.5, 0.6) is 5.75 Å². The molecule has 1 N–H and O–H groups in total. The molecule has 1 amide bonds. The normalized spacial score (nSPS) is 10.7. The van der Waals surface area contributed by atoms with Gasteiger partial charge in [0, 0.05) is 0 Å². The zero-order chi connectivity index (χ0) is 16.7. The maximum absolute atomic E-state index is 11.8. The lowest BCUT2D eigenvalue weighted by Crippen LogP contribution is -2.24. The number of benzene rings is 2. The number of nitrogens with zero attached hydrogens (tertiary/aromatic N) is 1. The van der Waals surface area contributed by atoms with Crippen molar-refractivity contribution in [2.24, 2.45) is 5.10 Å². The summed E-state index contributed by atoms with van der Waals surface area (Å²) < 4.78 is 5.53. The smallest absolute Gasteiger partial charge is 0.277 e. The summed E-state index contributed by atoms with van der Waals surface area (Å²) in [6, 6.07) is 13.8. The maximum atomic E-state index is 11.8. The van der Waals surface area contributed by atoms with E-state index in [1.165, 1.54) is 5.56 Å². The molecular formula is C19H22N2O2. The van der Waals surface area contributed by atoms with Gasteiger partial charge in [-0.15, -0.1) is 0 Å². The van der Waals surface area contributed by atoms with E-state index in [0.29, 0.717) is 0 Å². The molecule has 0 unspecified atom stereocenters. The van der Waals surface area contributed by atoms with Crippen LogP contribution < -0.4 is 10.2 Å². The summed E-state index contributed by atoms with van der Waals surface area (Å²) in [5.41, 5.74) is 6.86. The van der Waals surface area contributed by atoms with E-state index in [0.717, 1.165) is 28.9 Å². The first-order valence-electron chi connectivity index (χ1n) is 7.70. The Balaban J connectivity index is 1.82. The lowest BCUT2D eigenvalue weighted by molar-refractivity contribution is -0.123. The van der Waals surface area contributed by atoms with E-state index >= 15 is 0 Å². The number of aryl methyl sites for hydroxylation is 2. The zero-order valence-electron chi connectivity index (χ0n) is 13.8. The van der Waals surface area contributed by atoms with E-state index in [1.54, 1.807) is 6.21 Å². The molecule has 0 aliphatic heterocycles. The summed E-state index contributed by atoms with van der Waals surface area (Å²) in [5, 5.41) is 3.94. The second-order valence-corrected chi connectivity index (χ2v) is 5.38. The minimum atomic E-state index is -0.285. The van der Waals surface area contributed by atoms with Gasteiger partial charge >= 0.3 is 0 Å². The molecule has 0 heterocycles. The molecule has 0 aliphatic rings. The fraction of sp³-hybridized carbons (Fsp3) is 0.263. The average Bonchev–Trinajstić information content (AvgIpc) is 2.57. The summed E-state index contributed by atoms with van der Waals surface area (Å²) in [6.45, 7) is 6.03. The van der Waals surface area contributed by atoms with Crippen molar-refractivity contribution in [2.45, 2.75) is 27.2 Å². The molecule has 0 aliphatic carbocycles. The van der Waals surface area contributed by atoms with Crippen molar-refractivity contribution in [3.63, 3.8) is 0 Å². The number of ether oxygens (including phenoxy) is 1. The summed E-state index contributed by atoms with van der Waals surface area (Å²) in [4.78, 5) is 11.8. The van der Waals surface area contributed by atoms with E-state index in [1.807, 2.05) is 56.3 Å². The summed E-state index contributed by atoms with van der Waals surface area (Å²) >= 11 is 0. The third-order valence-electron chi connectivity index (χ3n) is 3.70. The van der Waals surface area contributed by atoms with Crippen LogP contribution >= 0.6 is 0 Å². The standard InChI is InChI=1S/C19H22N2O2/c1-4-16-8-10-17(11-9-16)12-20-21-19(22)13-23-18-7-5-6-14(2)15(18)3/h5-12H,4,13H2,1-3H3,(H,21,22). The van der Waals surface area contributed by atoms with Crippen LogP contribution in [0.3, 0.4) is 0 Å². The molecule has 4 heteroatoms. The van der Waals surface area contributed by atoms with E-state index < -0.39 is 0 Å². The van der Waals surface area contributed by atoms with Crippen molar-refractivity contribution in [2.75, 3.05) is 6.61 Å². The van der Waals surface area contributed by atoms with Gasteiger partial charge in [0.1, 0.15) is 5.75 Å². The molecule has 120 valence electrons. The van der Waals surface area contributed by atoms with Gasteiger partial charge in [-0.05, 0) is 48.6 Å². The highest BCUT2D eigenvalue weighted by molar-refractivity contribution is 5.82. The Labute approximate surface area is 137 Å². The number of hydrazone groups is 1. The first-order valence-corrected chi connectivity index (χ1v) is 7.70. The van der Waals surface area contributed by atoms with Gasteiger partial charge in [0.2, 0.25) is 0 Å². The third kappa shape index (κ3) is 4.95. The van der Waals surface area contributed by atoms with E-state index in [2.05, 4.69) is 17.5 Å². The van der Waals surface area contributed by atoms with E-state index in [9.17, 15) is 4.79 Å². The number of carbonyl (C=O) groups is 1. The Hall–Kier alpha value is -2.62. The second kappa shape index (κ2) is 8.13. The molecule has 2 aromatic rings. The van der Waals surface area contributed by atoms with Crippen molar-refractivity contribution in [1.82, 2.24) is 5.43 Å². The van der Waals surface area contributed by atoms with Gasteiger partial charge in [-0.3, -0.25) is 4.79 Å². The van der Waals surface area contributed by atoms with Crippen molar-refractivity contribution in [3.8, 4) is 5.75 Å². The Morgan fingerprint density at radius 3 is 2.61 bits per heavy atom.